The van der Waals surface area contributed by atoms with E-state index in [0.717, 1.165) is 37.3 Å². The minimum absolute atomic E-state index is 0.137. The number of rotatable bonds is 4. The van der Waals surface area contributed by atoms with Crippen molar-refractivity contribution < 1.29 is 4.79 Å². The summed E-state index contributed by atoms with van der Waals surface area (Å²) in [4.78, 5) is 26.1. The summed E-state index contributed by atoms with van der Waals surface area (Å²) in [5.41, 5.74) is 3.02. The normalized spacial score (nSPS) is 15.3. The molecule has 0 aliphatic carbocycles. The van der Waals surface area contributed by atoms with Crippen molar-refractivity contribution in [2.24, 2.45) is 0 Å². The van der Waals surface area contributed by atoms with Crippen LogP contribution in [-0.4, -0.2) is 33.3 Å². The van der Waals surface area contributed by atoms with Gasteiger partial charge in [0.05, 0.1) is 17.1 Å². The largest absolute Gasteiger partial charge is 0.319 e. The SMILES string of the molecule is Cc1ccn(C2CCNCC2)c(=O)c1C(=O)Nc1c(C)nn(C(C)C)c1C. The molecule has 2 aromatic rings. The Labute approximate surface area is 159 Å². The molecule has 2 N–H and O–H groups in total. The van der Waals surface area contributed by atoms with Crippen molar-refractivity contribution in [1.82, 2.24) is 19.7 Å². The van der Waals surface area contributed by atoms with Crippen LogP contribution in [0.5, 0.6) is 0 Å². The zero-order valence-corrected chi connectivity index (χ0v) is 16.8. The number of carbonyl (C=O) groups is 1. The number of aryl methyl sites for hydroxylation is 2. The number of nitrogens with one attached hydrogen (secondary N) is 2. The van der Waals surface area contributed by atoms with Crippen LogP contribution in [0, 0.1) is 20.8 Å². The highest BCUT2D eigenvalue weighted by Crippen LogP contribution is 2.23. The van der Waals surface area contributed by atoms with Crippen LogP contribution in [0.2, 0.25) is 0 Å². The van der Waals surface area contributed by atoms with E-state index in [4.69, 9.17) is 0 Å². The van der Waals surface area contributed by atoms with Crippen LogP contribution in [0.4, 0.5) is 5.69 Å². The number of aromatic nitrogens is 3. The standard InChI is InChI=1S/C20H29N5O2/c1-12(2)25-15(5)18(14(4)23-25)22-19(26)17-13(3)8-11-24(20(17)27)16-6-9-21-10-7-16/h8,11-12,16,21H,6-7,9-10H2,1-5H3,(H,22,26). The van der Waals surface area contributed by atoms with Gasteiger partial charge < -0.3 is 15.2 Å². The van der Waals surface area contributed by atoms with E-state index in [1.807, 2.05) is 44.6 Å². The highest BCUT2D eigenvalue weighted by Gasteiger charge is 2.23. The van der Waals surface area contributed by atoms with Gasteiger partial charge in [-0.15, -0.1) is 0 Å². The first kappa shape index (κ1) is 19.4. The van der Waals surface area contributed by atoms with E-state index < -0.39 is 0 Å². The molecule has 3 rings (SSSR count). The Balaban J connectivity index is 1.95. The molecule has 1 fully saturated rings. The summed E-state index contributed by atoms with van der Waals surface area (Å²) in [5.74, 6) is -0.365. The minimum atomic E-state index is -0.365. The van der Waals surface area contributed by atoms with Gasteiger partial charge in [-0.25, -0.2) is 0 Å². The zero-order chi connectivity index (χ0) is 19.7. The molecule has 146 valence electrons. The number of anilines is 1. The Bertz CT molecular complexity index is 904. The summed E-state index contributed by atoms with van der Waals surface area (Å²) in [5, 5.41) is 10.7. The van der Waals surface area contributed by atoms with Gasteiger partial charge in [-0.2, -0.15) is 5.10 Å². The highest BCUT2D eigenvalue weighted by atomic mass is 16.2. The Hall–Kier alpha value is -2.41. The predicted octanol–water partition coefficient (Wildman–Crippen LogP) is 2.73. The fraction of sp³-hybridized carbons (Fsp3) is 0.550. The van der Waals surface area contributed by atoms with Gasteiger partial charge in [-0.3, -0.25) is 14.3 Å². The van der Waals surface area contributed by atoms with E-state index in [-0.39, 0.29) is 29.1 Å². The quantitative estimate of drug-likeness (QED) is 0.866. The molecular formula is C20H29N5O2. The van der Waals surface area contributed by atoms with Crippen LogP contribution in [0.15, 0.2) is 17.1 Å². The van der Waals surface area contributed by atoms with Gasteiger partial charge in [0.1, 0.15) is 5.56 Å². The van der Waals surface area contributed by atoms with E-state index in [9.17, 15) is 9.59 Å². The summed E-state index contributed by atoms with van der Waals surface area (Å²) in [6.45, 7) is 11.5. The summed E-state index contributed by atoms with van der Waals surface area (Å²) < 4.78 is 3.61. The topological polar surface area (TPSA) is 81.0 Å². The number of amides is 1. The Morgan fingerprint density at radius 1 is 1.26 bits per heavy atom. The lowest BCUT2D eigenvalue weighted by molar-refractivity contribution is 0.102. The van der Waals surface area contributed by atoms with Gasteiger partial charge in [-0.1, -0.05) is 0 Å². The molecule has 0 bridgehead atoms. The Morgan fingerprint density at radius 2 is 1.93 bits per heavy atom. The smallest absolute Gasteiger partial charge is 0.263 e. The fourth-order valence-corrected chi connectivity index (χ4v) is 3.81. The van der Waals surface area contributed by atoms with Gasteiger partial charge in [0, 0.05) is 18.3 Å². The molecule has 1 aliphatic rings. The lowest BCUT2D eigenvalue weighted by Crippen LogP contribution is -2.37. The monoisotopic (exact) mass is 371 g/mol. The van der Waals surface area contributed by atoms with Crippen molar-refractivity contribution in [3.63, 3.8) is 0 Å². The maximum Gasteiger partial charge on any atom is 0.263 e. The second-order valence-corrected chi connectivity index (χ2v) is 7.61. The van der Waals surface area contributed by atoms with Crippen molar-refractivity contribution in [2.45, 2.75) is 59.5 Å². The Morgan fingerprint density at radius 3 is 2.52 bits per heavy atom. The number of piperidine rings is 1. The van der Waals surface area contributed by atoms with Crippen molar-refractivity contribution in [1.29, 1.82) is 0 Å². The second kappa shape index (κ2) is 7.68. The van der Waals surface area contributed by atoms with E-state index in [1.54, 1.807) is 11.5 Å². The number of hydrogen-bond donors (Lipinski definition) is 2. The molecule has 3 heterocycles. The van der Waals surface area contributed by atoms with Crippen molar-refractivity contribution in [2.75, 3.05) is 18.4 Å². The molecule has 1 saturated heterocycles. The van der Waals surface area contributed by atoms with E-state index in [0.29, 0.717) is 11.3 Å². The molecule has 1 aliphatic heterocycles. The average molecular weight is 371 g/mol. The maximum atomic E-state index is 13.1. The first-order valence-electron chi connectivity index (χ1n) is 9.60. The zero-order valence-electron chi connectivity index (χ0n) is 16.8. The molecule has 7 heteroatoms. The third kappa shape index (κ3) is 3.69. The summed E-state index contributed by atoms with van der Waals surface area (Å²) in [7, 11) is 0. The number of hydrogen-bond acceptors (Lipinski definition) is 4. The molecule has 1 amide bonds. The summed E-state index contributed by atoms with van der Waals surface area (Å²) in [6.07, 6.45) is 3.60. The predicted molar refractivity (Wildman–Crippen MR) is 107 cm³/mol. The van der Waals surface area contributed by atoms with Crippen LogP contribution in [0.25, 0.3) is 0 Å². The first-order valence-corrected chi connectivity index (χ1v) is 9.60. The average Bonchev–Trinajstić information content (AvgIpc) is 2.91. The number of pyridine rings is 1. The molecule has 0 atom stereocenters. The molecule has 0 radical (unpaired) electrons. The third-order valence-electron chi connectivity index (χ3n) is 5.31. The fourth-order valence-electron chi connectivity index (χ4n) is 3.81. The third-order valence-corrected chi connectivity index (χ3v) is 5.31. The van der Waals surface area contributed by atoms with Crippen molar-refractivity contribution in [3.05, 3.63) is 45.1 Å². The van der Waals surface area contributed by atoms with Crippen LogP contribution in [0.3, 0.4) is 0 Å². The van der Waals surface area contributed by atoms with Gasteiger partial charge in [0.2, 0.25) is 0 Å². The second-order valence-electron chi connectivity index (χ2n) is 7.61. The summed E-state index contributed by atoms with van der Waals surface area (Å²) >= 11 is 0. The van der Waals surface area contributed by atoms with Crippen LogP contribution >= 0.6 is 0 Å². The lowest BCUT2D eigenvalue weighted by Gasteiger charge is -2.25. The van der Waals surface area contributed by atoms with E-state index in [2.05, 4.69) is 15.7 Å². The van der Waals surface area contributed by atoms with Crippen LogP contribution in [-0.2, 0) is 0 Å². The number of nitrogens with zero attached hydrogens (tertiary/aromatic N) is 3. The molecule has 7 nitrogen and oxygen atoms in total. The van der Waals surface area contributed by atoms with Crippen molar-refractivity contribution >= 4 is 11.6 Å². The van der Waals surface area contributed by atoms with Crippen LogP contribution < -0.4 is 16.2 Å². The number of carbonyl (C=O) groups excluding carboxylic acids is 1. The molecule has 0 saturated carbocycles. The highest BCUT2D eigenvalue weighted by molar-refractivity contribution is 6.05. The summed E-state index contributed by atoms with van der Waals surface area (Å²) in [6, 6.07) is 2.19. The molecular weight excluding hydrogens is 342 g/mol. The van der Waals surface area contributed by atoms with Gasteiger partial charge in [0.25, 0.3) is 11.5 Å². The van der Waals surface area contributed by atoms with Crippen molar-refractivity contribution in [3.8, 4) is 0 Å². The molecule has 0 unspecified atom stereocenters. The minimum Gasteiger partial charge on any atom is -0.319 e. The molecule has 27 heavy (non-hydrogen) atoms. The Kier molecular flexibility index (Phi) is 5.51. The molecule has 2 aromatic heterocycles. The van der Waals surface area contributed by atoms with Crippen LogP contribution in [0.1, 0.15) is 66.1 Å². The van der Waals surface area contributed by atoms with Gasteiger partial charge >= 0.3 is 0 Å². The van der Waals surface area contributed by atoms with Gasteiger partial charge in [0.15, 0.2) is 0 Å². The maximum absolute atomic E-state index is 13.1. The van der Waals surface area contributed by atoms with E-state index >= 15 is 0 Å². The van der Waals surface area contributed by atoms with E-state index in [1.165, 1.54) is 0 Å². The lowest BCUT2D eigenvalue weighted by atomic mass is 10.0. The first-order chi connectivity index (χ1) is 12.8. The molecule has 0 spiro atoms. The molecule has 0 aromatic carbocycles. The van der Waals surface area contributed by atoms with Gasteiger partial charge in [-0.05, 0) is 72.2 Å².